The summed E-state index contributed by atoms with van der Waals surface area (Å²) in [6.45, 7) is 3.47. The molecule has 1 heterocycles. The lowest BCUT2D eigenvalue weighted by Crippen LogP contribution is -2.22. The maximum atomic E-state index is 12.4. The lowest BCUT2D eigenvalue weighted by molar-refractivity contribution is 0.324. The molecule has 1 aromatic carbocycles. The Labute approximate surface area is 145 Å². The number of ether oxygens (including phenoxy) is 3. The van der Waals surface area contributed by atoms with Crippen LogP contribution in [-0.4, -0.2) is 32.2 Å². The van der Waals surface area contributed by atoms with E-state index < -0.39 is 5.56 Å². The van der Waals surface area contributed by atoms with Crippen LogP contribution in [0.3, 0.4) is 0 Å². The molecule has 2 aromatic rings. The van der Waals surface area contributed by atoms with Crippen LogP contribution in [0, 0.1) is 25.2 Å². The highest BCUT2D eigenvalue weighted by atomic mass is 16.5. The van der Waals surface area contributed by atoms with E-state index >= 15 is 0 Å². The van der Waals surface area contributed by atoms with E-state index in [4.69, 9.17) is 19.5 Å². The minimum Gasteiger partial charge on any atom is -0.493 e. The first-order valence-corrected chi connectivity index (χ1v) is 7.45. The molecule has 130 valence electrons. The molecule has 2 rings (SSSR count). The number of hydrogen-bond donors (Lipinski definition) is 0. The molecule has 25 heavy (non-hydrogen) atoms. The number of aryl methyl sites for hydroxylation is 2. The van der Waals surface area contributed by atoms with Crippen LogP contribution in [0.5, 0.6) is 17.2 Å². The summed E-state index contributed by atoms with van der Waals surface area (Å²) in [6, 6.07) is 7.11. The summed E-state index contributed by atoms with van der Waals surface area (Å²) in [4.78, 5) is 12.4. The minimum absolute atomic E-state index is 0.0713. The largest absolute Gasteiger partial charge is 0.493 e. The molecule has 0 bridgehead atoms. The fourth-order valence-corrected chi connectivity index (χ4v) is 2.51. The molecule has 1 aromatic heterocycles. The smallest absolute Gasteiger partial charge is 0.289 e. The van der Waals surface area contributed by atoms with Gasteiger partial charge in [0.15, 0.2) is 11.5 Å². The Morgan fingerprint density at radius 3 is 2.36 bits per heavy atom. The second-order valence-corrected chi connectivity index (χ2v) is 5.24. The second kappa shape index (κ2) is 7.53. The number of nitriles is 1. The Morgan fingerprint density at radius 1 is 1.12 bits per heavy atom. The van der Waals surface area contributed by atoms with E-state index in [1.165, 1.54) is 32.2 Å². The van der Waals surface area contributed by atoms with E-state index in [0.29, 0.717) is 34.1 Å². The van der Waals surface area contributed by atoms with E-state index in [2.05, 4.69) is 5.10 Å². The van der Waals surface area contributed by atoms with Crippen molar-refractivity contribution in [3.05, 3.63) is 50.9 Å². The van der Waals surface area contributed by atoms with Gasteiger partial charge in [-0.15, -0.1) is 0 Å². The maximum Gasteiger partial charge on any atom is 0.289 e. The van der Waals surface area contributed by atoms with Gasteiger partial charge in [-0.2, -0.15) is 10.4 Å². The molecule has 0 amide bonds. The Morgan fingerprint density at radius 2 is 1.80 bits per heavy atom. The highest BCUT2D eigenvalue weighted by Gasteiger charge is 2.15. The fourth-order valence-electron chi connectivity index (χ4n) is 2.51. The van der Waals surface area contributed by atoms with Crippen molar-refractivity contribution in [2.45, 2.75) is 13.8 Å². The molecule has 0 atom stereocenters. The quantitative estimate of drug-likeness (QED) is 0.779. The first-order valence-electron chi connectivity index (χ1n) is 7.45. The van der Waals surface area contributed by atoms with Gasteiger partial charge in [-0.3, -0.25) is 4.79 Å². The van der Waals surface area contributed by atoms with Crippen molar-refractivity contribution in [1.29, 1.82) is 5.26 Å². The summed E-state index contributed by atoms with van der Waals surface area (Å²) < 4.78 is 17.1. The average molecular weight is 341 g/mol. The predicted molar refractivity (Wildman–Crippen MR) is 94.0 cm³/mol. The van der Waals surface area contributed by atoms with Gasteiger partial charge in [-0.1, -0.05) is 0 Å². The molecule has 0 fully saturated rings. The summed E-state index contributed by atoms with van der Waals surface area (Å²) >= 11 is 0. The highest BCUT2D eigenvalue weighted by molar-refractivity contribution is 5.86. The van der Waals surface area contributed by atoms with Crippen molar-refractivity contribution >= 4 is 6.21 Å². The normalized spacial score (nSPS) is 10.6. The summed E-state index contributed by atoms with van der Waals surface area (Å²) in [6.07, 6.45) is 1.48. The SMILES string of the molecule is COc1ccc(/C=N/n2c(C)cc(C)c(C#N)c2=O)c(OC)c1OC. The highest BCUT2D eigenvalue weighted by Crippen LogP contribution is 2.38. The van der Waals surface area contributed by atoms with Crippen LogP contribution in [0.4, 0.5) is 0 Å². The van der Waals surface area contributed by atoms with Gasteiger partial charge >= 0.3 is 0 Å². The number of nitrogens with zero attached hydrogens (tertiary/aromatic N) is 3. The van der Waals surface area contributed by atoms with Gasteiger partial charge in [0.1, 0.15) is 11.6 Å². The monoisotopic (exact) mass is 341 g/mol. The van der Waals surface area contributed by atoms with Crippen LogP contribution in [-0.2, 0) is 0 Å². The van der Waals surface area contributed by atoms with Gasteiger partial charge in [-0.05, 0) is 37.6 Å². The summed E-state index contributed by atoms with van der Waals surface area (Å²) in [5.41, 5.74) is 1.46. The second-order valence-electron chi connectivity index (χ2n) is 5.24. The fraction of sp³-hybridized carbons (Fsp3) is 0.278. The zero-order valence-electron chi connectivity index (χ0n) is 14.8. The summed E-state index contributed by atoms with van der Waals surface area (Å²) in [7, 11) is 4.55. The first kappa shape index (κ1) is 18.1. The zero-order valence-corrected chi connectivity index (χ0v) is 14.8. The van der Waals surface area contributed by atoms with Crippen molar-refractivity contribution in [3.63, 3.8) is 0 Å². The van der Waals surface area contributed by atoms with Gasteiger partial charge < -0.3 is 14.2 Å². The molecule has 0 saturated heterocycles. The van der Waals surface area contributed by atoms with Crippen molar-refractivity contribution in [2.24, 2.45) is 5.10 Å². The number of aromatic nitrogens is 1. The van der Waals surface area contributed by atoms with E-state index in [0.717, 1.165) is 0 Å². The van der Waals surface area contributed by atoms with Crippen molar-refractivity contribution in [1.82, 2.24) is 4.68 Å². The van der Waals surface area contributed by atoms with Crippen LogP contribution in [0.2, 0.25) is 0 Å². The molecule has 0 N–H and O–H groups in total. The molecule has 0 aliphatic carbocycles. The Hall–Kier alpha value is -3.27. The molecular weight excluding hydrogens is 322 g/mol. The number of methoxy groups -OCH3 is 3. The van der Waals surface area contributed by atoms with E-state index in [1.807, 2.05) is 6.07 Å². The molecule has 0 saturated carbocycles. The van der Waals surface area contributed by atoms with E-state index in [9.17, 15) is 4.79 Å². The van der Waals surface area contributed by atoms with E-state index in [1.54, 1.807) is 32.0 Å². The minimum atomic E-state index is -0.462. The third-order valence-electron chi connectivity index (χ3n) is 3.72. The number of rotatable bonds is 5. The molecular formula is C18H19N3O4. The van der Waals surface area contributed by atoms with Crippen LogP contribution in [0.25, 0.3) is 0 Å². The topological polar surface area (TPSA) is 85.8 Å². The standard InChI is InChI=1S/C18H19N3O4/c1-11-8-12(2)21(18(22)14(11)9-19)20-10-13-6-7-15(23-3)17(25-5)16(13)24-4/h6-8,10H,1-5H3/b20-10+. The van der Waals surface area contributed by atoms with E-state index in [-0.39, 0.29) is 5.56 Å². The van der Waals surface area contributed by atoms with Gasteiger partial charge in [0.05, 0.1) is 27.5 Å². The molecule has 7 nitrogen and oxygen atoms in total. The number of pyridine rings is 1. The lowest BCUT2D eigenvalue weighted by atomic mass is 10.1. The molecule has 0 radical (unpaired) electrons. The molecule has 0 unspecified atom stereocenters. The van der Waals surface area contributed by atoms with Gasteiger partial charge in [0.2, 0.25) is 5.75 Å². The third kappa shape index (κ3) is 3.33. The third-order valence-corrected chi connectivity index (χ3v) is 3.72. The van der Waals surface area contributed by atoms with Crippen LogP contribution >= 0.6 is 0 Å². The first-order chi connectivity index (χ1) is 12.0. The molecule has 0 spiro atoms. The summed E-state index contributed by atoms with van der Waals surface area (Å²) in [5, 5.41) is 13.4. The van der Waals surface area contributed by atoms with Crippen molar-refractivity contribution in [3.8, 4) is 23.3 Å². The zero-order chi connectivity index (χ0) is 18.6. The summed E-state index contributed by atoms with van der Waals surface area (Å²) in [5.74, 6) is 1.38. The lowest BCUT2D eigenvalue weighted by Gasteiger charge is -2.14. The van der Waals surface area contributed by atoms with Crippen molar-refractivity contribution < 1.29 is 14.2 Å². The van der Waals surface area contributed by atoms with Crippen LogP contribution in [0.1, 0.15) is 22.4 Å². The van der Waals surface area contributed by atoms with Gasteiger partial charge in [0, 0.05) is 11.3 Å². The van der Waals surface area contributed by atoms with Crippen LogP contribution < -0.4 is 19.8 Å². The van der Waals surface area contributed by atoms with Gasteiger partial charge in [0.25, 0.3) is 5.56 Å². The Balaban J connectivity index is 2.58. The van der Waals surface area contributed by atoms with Gasteiger partial charge in [-0.25, -0.2) is 4.68 Å². The number of benzene rings is 1. The van der Waals surface area contributed by atoms with Crippen LogP contribution in [0.15, 0.2) is 28.1 Å². The predicted octanol–water partition coefficient (Wildman–Crippen LogP) is 2.24. The molecule has 0 aliphatic heterocycles. The Kier molecular flexibility index (Phi) is 5.45. The maximum absolute atomic E-state index is 12.4. The number of hydrogen-bond acceptors (Lipinski definition) is 6. The molecule has 7 heteroatoms. The Bertz CT molecular complexity index is 923. The molecule has 0 aliphatic rings. The average Bonchev–Trinajstić information content (AvgIpc) is 2.60. The van der Waals surface area contributed by atoms with Crippen molar-refractivity contribution in [2.75, 3.05) is 21.3 Å².